The molecule has 0 aliphatic rings. The van der Waals surface area contributed by atoms with Gasteiger partial charge in [0.15, 0.2) is 7.14 Å². The zero-order chi connectivity index (χ0) is 33.9. The van der Waals surface area contributed by atoms with Crippen LogP contribution in [0.15, 0.2) is 164 Å². The first-order valence-electron chi connectivity index (χ1n) is 16.9. The molecule has 7 aromatic rings. The van der Waals surface area contributed by atoms with Crippen LogP contribution in [0.3, 0.4) is 0 Å². The third-order valence-corrected chi connectivity index (χ3v) is 10.3. The van der Waals surface area contributed by atoms with Crippen LogP contribution in [0.25, 0.3) is 43.8 Å². The van der Waals surface area contributed by atoms with Crippen LogP contribution < -0.4 is 15.9 Å². The lowest BCUT2D eigenvalue weighted by Gasteiger charge is -2.21. The first kappa shape index (κ1) is 17.1. The minimum atomic E-state index is -3.34. The average Bonchev–Trinajstić information content (AvgIpc) is 3.14. The Labute approximate surface area is 246 Å². The molecule has 0 bridgehead atoms. The lowest BCUT2D eigenvalue weighted by Crippen LogP contribution is -2.24. The van der Waals surface area contributed by atoms with Gasteiger partial charge in [-0.05, 0) is 43.8 Å². The Morgan fingerprint density at radius 1 is 0.400 bits per heavy atom. The van der Waals surface area contributed by atoms with Gasteiger partial charge in [-0.2, -0.15) is 0 Å². The van der Waals surface area contributed by atoms with Gasteiger partial charge in [-0.15, -0.1) is 0 Å². The van der Waals surface area contributed by atoms with E-state index in [9.17, 15) is 0 Å². The normalized spacial score (nSPS) is 14.4. The Morgan fingerprint density at radius 3 is 1.12 bits per heavy atom. The number of fused-ring (bicyclic) bond motifs is 2. The molecule has 7 aromatic carbocycles. The second-order valence-corrected chi connectivity index (χ2v) is 12.2. The van der Waals surface area contributed by atoms with Gasteiger partial charge in [0.05, 0.1) is 11.0 Å². The maximum Gasteiger partial charge on any atom is 0.171 e. The molecule has 0 fully saturated rings. The van der Waals surface area contributed by atoms with Crippen LogP contribution in [-0.2, 0) is 4.57 Å². The van der Waals surface area contributed by atoms with E-state index in [1.165, 1.54) is 0 Å². The van der Waals surface area contributed by atoms with Gasteiger partial charge in [-0.1, -0.05) is 164 Å². The summed E-state index contributed by atoms with van der Waals surface area (Å²) in [5.74, 6) is 0. The van der Waals surface area contributed by atoms with Crippen molar-refractivity contribution in [2.24, 2.45) is 0 Å². The molecule has 0 spiro atoms. The van der Waals surface area contributed by atoms with Gasteiger partial charge in [0.25, 0.3) is 0 Å². The fourth-order valence-corrected chi connectivity index (χ4v) is 8.02. The number of rotatable bonds is 5. The number of hydrogen-bond donors (Lipinski definition) is 0. The molecular weight excluding hydrogens is 503 g/mol. The molecule has 0 saturated heterocycles. The van der Waals surface area contributed by atoms with Gasteiger partial charge in [0.2, 0.25) is 0 Å². The summed E-state index contributed by atoms with van der Waals surface area (Å²) < 4.78 is 85.7. The zero-order valence-corrected chi connectivity index (χ0v) is 22.2. The topological polar surface area (TPSA) is 17.1 Å². The molecule has 0 aromatic heterocycles. The van der Waals surface area contributed by atoms with Gasteiger partial charge in [-0.3, -0.25) is 0 Å². The molecular formula is C38H27OP. The summed E-state index contributed by atoms with van der Waals surface area (Å²) in [5.41, 5.74) is 1.56. The van der Waals surface area contributed by atoms with Gasteiger partial charge >= 0.3 is 0 Å². The van der Waals surface area contributed by atoms with Crippen LogP contribution in [0.1, 0.15) is 11.0 Å². The van der Waals surface area contributed by atoms with Crippen LogP contribution in [0, 0.1) is 0 Å². The maximum atomic E-state index is 15.1. The van der Waals surface area contributed by atoms with E-state index < -0.39 is 31.3 Å². The van der Waals surface area contributed by atoms with E-state index in [1.54, 1.807) is 54.6 Å². The van der Waals surface area contributed by atoms with E-state index >= 15 is 4.57 Å². The molecule has 0 heterocycles. The molecule has 7 rings (SSSR count). The highest BCUT2D eigenvalue weighted by atomic mass is 31.2. The Bertz CT molecular complexity index is 2310. The minimum Gasteiger partial charge on any atom is -0.309 e. The highest BCUT2D eigenvalue weighted by Gasteiger charge is 2.29. The number of hydrogen-bond acceptors (Lipinski definition) is 1. The second kappa shape index (κ2) is 10.1. The Morgan fingerprint density at radius 2 is 0.725 bits per heavy atom. The fraction of sp³-hybridized carbons (Fsp3) is 0. The van der Waals surface area contributed by atoms with Crippen molar-refractivity contribution in [3.05, 3.63) is 164 Å². The van der Waals surface area contributed by atoms with Crippen molar-refractivity contribution in [3.8, 4) is 22.3 Å². The van der Waals surface area contributed by atoms with Gasteiger partial charge in [0.1, 0.15) is 0 Å². The molecule has 0 atom stereocenters. The maximum absolute atomic E-state index is 15.1. The van der Waals surface area contributed by atoms with E-state index in [0.29, 0.717) is 32.6 Å². The van der Waals surface area contributed by atoms with Crippen LogP contribution in [0.4, 0.5) is 0 Å². The van der Waals surface area contributed by atoms with Crippen molar-refractivity contribution >= 4 is 44.6 Å². The largest absolute Gasteiger partial charge is 0.309 e. The highest BCUT2D eigenvalue weighted by Crippen LogP contribution is 2.45. The molecule has 40 heavy (non-hydrogen) atoms. The molecule has 0 N–H and O–H groups in total. The van der Waals surface area contributed by atoms with E-state index in [-0.39, 0.29) is 51.3 Å². The summed E-state index contributed by atoms with van der Waals surface area (Å²) >= 11 is 0. The monoisotopic (exact) mass is 538 g/mol. The Balaban J connectivity index is 1.63. The SMILES string of the molecule is [2H]c1c([2H])c([2H])c2c(-c3ccc(P(=O)(c4ccccc4)c4ccccc4)cc3)c3c([2H])c([2H])c([2H])c([2H])c3c(-c3ccccc3)c2c1[2H]. The van der Waals surface area contributed by atoms with Crippen LogP contribution in [-0.4, -0.2) is 0 Å². The van der Waals surface area contributed by atoms with Crippen LogP contribution in [0.5, 0.6) is 0 Å². The summed E-state index contributed by atoms with van der Waals surface area (Å²) in [7, 11) is -3.34. The summed E-state index contributed by atoms with van der Waals surface area (Å²) in [4.78, 5) is 0. The molecule has 0 unspecified atom stereocenters. The third kappa shape index (κ3) is 3.99. The van der Waals surface area contributed by atoms with Gasteiger partial charge < -0.3 is 4.57 Å². The smallest absolute Gasteiger partial charge is 0.171 e. The molecule has 0 amide bonds. The molecule has 0 aliphatic carbocycles. The minimum absolute atomic E-state index is 0.138. The predicted octanol–water partition coefficient (Wildman–Crippen LogP) is 8.97. The molecule has 0 aliphatic heterocycles. The average molecular weight is 539 g/mol. The fourth-order valence-electron chi connectivity index (χ4n) is 5.37. The zero-order valence-electron chi connectivity index (χ0n) is 29.3. The molecule has 0 saturated carbocycles. The van der Waals surface area contributed by atoms with Gasteiger partial charge in [-0.25, -0.2) is 0 Å². The van der Waals surface area contributed by atoms with Crippen molar-refractivity contribution < 1.29 is 15.5 Å². The summed E-state index contributed by atoms with van der Waals surface area (Å²) in [6.07, 6.45) is 0. The van der Waals surface area contributed by atoms with Crippen molar-refractivity contribution in [2.75, 3.05) is 0 Å². The van der Waals surface area contributed by atoms with Crippen molar-refractivity contribution in [1.29, 1.82) is 0 Å². The first-order valence-corrected chi connectivity index (χ1v) is 14.6. The Kier molecular flexibility index (Phi) is 4.32. The third-order valence-electron chi connectivity index (χ3n) is 7.20. The summed E-state index contributed by atoms with van der Waals surface area (Å²) in [6, 6.07) is 31.1. The van der Waals surface area contributed by atoms with E-state index in [4.69, 9.17) is 11.0 Å². The molecule has 190 valence electrons. The quantitative estimate of drug-likeness (QED) is 0.158. The van der Waals surface area contributed by atoms with Crippen molar-refractivity contribution in [3.63, 3.8) is 0 Å². The van der Waals surface area contributed by atoms with Crippen molar-refractivity contribution in [1.82, 2.24) is 0 Å². The number of benzene rings is 7. The molecule has 1 nitrogen and oxygen atoms in total. The lowest BCUT2D eigenvalue weighted by atomic mass is 9.86. The molecule has 0 radical (unpaired) electrons. The standard InChI is InChI=1S/C38H27OP/c39-40(30-16-6-2-7-17-30,31-18-8-3-9-19-31)32-26-24-29(25-27-32)38-35-22-12-10-20-33(35)37(28-14-4-1-5-15-28)34-21-11-13-23-36(34)38/h1-27H/i10D,11D,12D,13D,20D,21D,22D,23D. The van der Waals surface area contributed by atoms with E-state index in [2.05, 4.69) is 0 Å². The van der Waals surface area contributed by atoms with E-state index in [0.717, 1.165) is 0 Å². The summed E-state index contributed by atoms with van der Waals surface area (Å²) in [6.45, 7) is 0. The van der Waals surface area contributed by atoms with Gasteiger partial charge in [0, 0.05) is 15.9 Å². The van der Waals surface area contributed by atoms with E-state index in [1.807, 2.05) is 60.7 Å². The molecule has 2 heteroatoms. The van der Waals surface area contributed by atoms with Crippen LogP contribution >= 0.6 is 7.14 Å². The first-order chi connectivity index (χ1) is 23.1. The van der Waals surface area contributed by atoms with Crippen LogP contribution in [0.2, 0.25) is 0 Å². The lowest BCUT2D eigenvalue weighted by molar-refractivity contribution is 0.592. The Hall–Kier alpha value is -4.71. The predicted molar refractivity (Wildman–Crippen MR) is 172 cm³/mol. The summed E-state index contributed by atoms with van der Waals surface area (Å²) in [5, 5.41) is 2.43. The second-order valence-electron chi connectivity index (χ2n) is 9.44. The van der Waals surface area contributed by atoms with Crippen molar-refractivity contribution in [2.45, 2.75) is 0 Å². The highest BCUT2D eigenvalue weighted by molar-refractivity contribution is 7.85.